The van der Waals surface area contributed by atoms with Crippen LogP contribution in [0.2, 0.25) is 0 Å². The average molecular weight is 283 g/mol. The number of nitrogens with one attached hydrogen (secondary N) is 1. The number of esters is 1. The topological polar surface area (TPSA) is 47.6 Å². The van der Waals surface area contributed by atoms with Crippen molar-refractivity contribution in [2.75, 3.05) is 19.7 Å². The minimum Gasteiger partial charge on any atom is -0.466 e. The van der Waals surface area contributed by atoms with Crippen LogP contribution in [0.15, 0.2) is 0 Å². The molecular weight excluding hydrogens is 254 g/mol. The SMILES string of the molecule is CCOC(=O)CCNCC1CCC(OC2CCC2)CC1. The molecule has 2 rings (SSSR count). The van der Waals surface area contributed by atoms with Crippen molar-refractivity contribution in [3.8, 4) is 0 Å². The van der Waals surface area contributed by atoms with Gasteiger partial charge in [-0.05, 0) is 64.3 Å². The molecule has 2 saturated carbocycles. The molecule has 0 unspecified atom stereocenters. The van der Waals surface area contributed by atoms with Gasteiger partial charge < -0.3 is 14.8 Å². The Morgan fingerprint density at radius 2 is 1.80 bits per heavy atom. The van der Waals surface area contributed by atoms with Crippen molar-refractivity contribution in [2.45, 2.75) is 70.5 Å². The van der Waals surface area contributed by atoms with Crippen LogP contribution in [0.25, 0.3) is 0 Å². The van der Waals surface area contributed by atoms with E-state index in [0.717, 1.165) is 19.0 Å². The molecule has 0 aromatic carbocycles. The van der Waals surface area contributed by atoms with Gasteiger partial charge in [0, 0.05) is 6.54 Å². The second-order valence-corrected chi connectivity index (χ2v) is 6.09. The smallest absolute Gasteiger partial charge is 0.307 e. The zero-order chi connectivity index (χ0) is 14.2. The molecule has 0 bridgehead atoms. The molecule has 4 nitrogen and oxygen atoms in total. The summed E-state index contributed by atoms with van der Waals surface area (Å²) in [6.07, 6.45) is 10.4. The summed E-state index contributed by atoms with van der Waals surface area (Å²) in [6, 6.07) is 0. The first-order valence-corrected chi connectivity index (χ1v) is 8.29. The highest BCUT2D eigenvalue weighted by Gasteiger charge is 2.26. The highest BCUT2D eigenvalue weighted by atomic mass is 16.5. The first kappa shape index (κ1) is 15.8. The van der Waals surface area contributed by atoms with E-state index in [1.165, 1.54) is 44.9 Å². The summed E-state index contributed by atoms with van der Waals surface area (Å²) in [5.74, 6) is 0.649. The van der Waals surface area contributed by atoms with Gasteiger partial charge in [0.15, 0.2) is 0 Å². The zero-order valence-corrected chi connectivity index (χ0v) is 12.7. The summed E-state index contributed by atoms with van der Waals surface area (Å²) in [5, 5.41) is 3.38. The number of rotatable bonds is 8. The predicted octanol–water partition coefficient (Wildman–Crippen LogP) is 2.66. The van der Waals surface area contributed by atoms with Gasteiger partial charge in [-0.15, -0.1) is 0 Å². The third kappa shape index (κ3) is 5.41. The van der Waals surface area contributed by atoms with Crippen LogP contribution in [0.4, 0.5) is 0 Å². The van der Waals surface area contributed by atoms with E-state index < -0.39 is 0 Å². The Morgan fingerprint density at radius 1 is 1.10 bits per heavy atom. The van der Waals surface area contributed by atoms with Gasteiger partial charge in [-0.1, -0.05) is 0 Å². The predicted molar refractivity (Wildman–Crippen MR) is 78.6 cm³/mol. The Hall–Kier alpha value is -0.610. The highest BCUT2D eigenvalue weighted by molar-refractivity contribution is 5.69. The van der Waals surface area contributed by atoms with Gasteiger partial charge in [0.1, 0.15) is 0 Å². The van der Waals surface area contributed by atoms with Gasteiger partial charge in [0.2, 0.25) is 0 Å². The first-order valence-electron chi connectivity index (χ1n) is 8.29. The number of carbonyl (C=O) groups excluding carboxylic acids is 1. The van der Waals surface area contributed by atoms with E-state index >= 15 is 0 Å². The van der Waals surface area contributed by atoms with Gasteiger partial charge in [-0.3, -0.25) is 4.79 Å². The fourth-order valence-corrected chi connectivity index (χ4v) is 2.98. The second-order valence-electron chi connectivity index (χ2n) is 6.09. The zero-order valence-electron chi connectivity index (χ0n) is 12.7. The van der Waals surface area contributed by atoms with Crippen LogP contribution >= 0.6 is 0 Å². The summed E-state index contributed by atoms with van der Waals surface area (Å²) in [7, 11) is 0. The molecule has 0 aliphatic heterocycles. The lowest BCUT2D eigenvalue weighted by atomic mass is 9.86. The van der Waals surface area contributed by atoms with Gasteiger partial charge in [0.25, 0.3) is 0 Å². The number of hydrogen-bond acceptors (Lipinski definition) is 4. The molecule has 0 atom stereocenters. The van der Waals surface area contributed by atoms with E-state index in [0.29, 0.717) is 25.2 Å². The molecule has 2 fully saturated rings. The van der Waals surface area contributed by atoms with Crippen molar-refractivity contribution in [1.29, 1.82) is 0 Å². The van der Waals surface area contributed by atoms with Crippen molar-refractivity contribution < 1.29 is 14.3 Å². The van der Waals surface area contributed by atoms with Gasteiger partial charge >= 0.3 is 5.97 Å². The maximum absolute atomic E-state index is 11.2. The van der Waals surface area contributed by atoms with E-state index in [-0.39, 0.29) is 5.97 Å². The number of carbonyl (C=O) groups is 1. The molecule has 0 saturated heterocycles. The molecule has 0 heterocycles. The lowest BCUT2D eigenvalue weighted by molar-refractivity contribution is -0.142. The molecule has 2 aliphatic rings. The average Bonchev–Trinajstić information content (AvgIpc) is 2.41. The molecular formula is C16H29NO3. The van der Waals surface area contributed by atoms with E-state index in [1.54, 1.807) is 0 Å². The van der Waals surface area contributed by atoms with Crippen LogP contribution in [0.3, 0.4) is 0 Å². The quantitative estimate of drug-likeness (QED) is 0.549. The van der Waals surface area contributed by atoms with Crippen molar-refractivity contribution in [2.24, 2.45) is 5.92 Å². The van der Waals surface area contributed by atoms with Crippen LogP contribution in [0, 0.1) is 5.92 Å². The van der Waals surface area contributed by atoms with Crippen molar-refractivity contribution in [1.82, 2.24) is 5.32 Å². The lowest BCUT2D eigenvalue weighted by Gasteiger charge is -2.34. The molecule has 0 aromatic heterocycles. The molecule has 0 aromatic rings. The van der Waals surface area contributed by atoms with E-state index in [4.69, 9.17) is 9.47 Å². The van der Waals surface area contributed by atoms with Crippen LogP contribution in [-0.2, 0) is 14.3 Å². The Bertz CT molecular complexity index is 283. The van der Waals surface area contributed by atoms with Crippen LogP contribution < -0.4 is 5.32 Å². The first-order chi connectivity index (χ1) is 9.78. The van der Waals surface area contributed by atoms with E-state index in [1.807, 2.05) is 6.92 Å². The highest BCUT2D eigenvalue weighted by Crippen LogP contribution is 2.30. The van der Waals surface area contributed by atoms with Gasteiger partial charge in [-0.25, -0.2) is 0 Å². The summed E-state index contributed by atoms with van der Waals surface area (Å²) in [5.41, 5.74) is 0. The minimum atomic E-state index is -0.0994. The fourth-order valence-electron chi connectivity index (χ4n) is 2.98. The molecule has 0 amide bonds. The molecule has 0 radical (unpaired) electrons. The van der Waals surface area contributed by atoms with Crippen molar-refractivity contribution >= 4 is 5.97 Å². The Kier molecular flexibility index (Phi) is 6.80. The fraction of sp³-hybridized carbons (Fsp3) is 0.938. The van der Waals surface area contributed by atoms with Crippen LogP contribution in [-0.4, -0.2) is 37.9 Å². The monoisotopic (exact) mass is 283 g/mol. The molecule has 4 heteroatoms. The van der Waals surface area contributed by atoms with Crippen molar-refractivity contribution in [3.63, 3.8) is 0 Å². The standard InChI is InChI=1S/C16H29NO3/c1-2-19-16(18)10-11-17-12-13-6-8-15(9-7-13)20-14-4-3-5-14/h13-15,17H,2-12H2,1H3. The molecule has 0 spiro atoms. The maximum atomic E-state index is 11.2. The summed E-state index contributed by atoms with van der Waals surface area (Å²) in [6.45, 7) is 4.08. The minimum absolute atomic E-state index is 0.0994. The Morgan fingerprint density at radius 3 is 2.40 bits per heavy atom. The lowest BCUT2D eigenvalue weighted by Crippen LogP contribution is -2.33. The summed E-state index contributed by atoms with van der Waals surface area (Å²) >= 11 is 0. The molecule has 116 valence electrons. The number of hydrogen-bond donors (Lipinski definition) is 1. The molecule has 20 heavy (non-hydrogen) atoms. The number of ether oxygens (including phenoxy) is 2. The normalized spacial score (nSPS) is 27.1. The summed E-state index contributed by atoms with van der Waals surface area (Å²) in [4.78, 5) is 11.2. The van der Waals surface area contributed by atoms with E-state index in [2.05, 4.69) is 5.32 Å². The van der Waals surface area contributed by atoms with Crippen LogP contribution in [0.5, 0.6) is 0 Å². The second kappa shape index (κ2) is 8.63. The Labute approximate surface area is 122 Å². The summed E-state index contributed by atoms with van der Waals surface area (Å²) < 4.78 is 11.0. The molecule has 1 N–H and O–H groups in total. The third-order valence-corrected chi connectivity index (χ3v) is 4.48. The third-order valence-electron chi connectivity index (χ3n) is 4.48. The van der Waals surface area contributed by atoms with E-state index in [9.17, 15) is 4.79 Å². The van der Waals surface area contributed by atoms with Gasteiger partial charge in [-0.2, -0.15) is 0 Å². The maximum Gasteiger partial charge on any atom is 0.307 e. The Balaban J connectivity index is 1.48. The van der Waals surface area contributed by atoms with Crippen LogP contribution in [0.1, 0.15) is 58.3 Å². The largest absolute Gasteiger partial charge is 0.466 e. The molecule has 2 aliphatic carbocycles. The van der Waals surface area contributed by atoms with Gasteiger partial charge in [0.05, 0.1) is 25.2 Å². The van der Waals surface area contributed by atoms with Crippen molar-refractivity contribution in [3.05, 3.63) is 0 Å².